The molecule has 0 saturated heterocycles. The Kier molecular flexibility index (Phi) is 6.06. The Morgan fingerprint density at radius 2 is 1.93 bits per heavy atom. The van der Waals surface area contributed by atoms with Gasteiger partial charge >= 0.3 is 12.2 Å². The van der Waals surface area contributed by atoms with Crippen LogP contribution < -0.4 is 20.7 Å². The first-order valence-electron chi connectivity index (χ1n) is 8.70. The fourth-order valence-corrected chi connectivity index (χ4v) is 3.51. The van der Waals surface area contributed by atoms with Crippen LogP contribution in [-0.4, -0.2) is 19.0 Å². The molecule has 1 aliphatic rings. The Labute approximate surface area is 178 Å². The second kappa shape index (κ2) is 8.39. The average Bonchev–Trinajstić information content (AvgIpc) is 2.66. The quantitative estimate of drug-likeness (QED) is 0.587. The molecule has 0 fully saturated rings. The Morgan fingerprint density at radius 3 is 2.60 bits per heavy atom. The van der Waals surface area contributed by atoms with E-state index in [-0.39, 0.29) is 17.0 Å². The van der Waals surface area contributed by atoms with Crippen molar-refractivity contribution in [3.63, 3.8) is 0 Å². The summed E-state index contributed by atoms with van der Waals surface area (Å²) in [5.41, 5.74) is 0.0206. The molecule has 0 aliphatic carbocycles. The highest BCUT2D eigenvalue weighted by Crippen LogP contribution is 2.36. The molecule has 1 atom stereocenters. The van der Waals surface area contributed by atoms with Crippen LogP contribution in [0.1, 0.15) is 24.1 Å². The van der Waals surface area contributed by atoms with Crippen molar-refractivity contribution >= 4 is 33.6 Å². The predicted molar refractivity (Wildman–Crippen MR) is 108 cm³/mol. The summed E-state index contributed by atoms with van der Waals surface area (Å²) in [4.78, 5) is 25.1. The predicted octanol–water partition coefficient (Wildman–Crippen LogP) is 4.74. The maximum Gasteiger partial charge on any atom is 0.416 e. The van der Waals surface area contributed by atoms with E-state index in [0.29, 0.717) is 15.8 Å². The van der Waals surface area contributed by atoms with Crippen LogP contribution in [0.15, 0.2) is 58.2 Å². The smallest absolute Gasteiger partial charge is 0.416 e. The number of halogens is 4. The number of carbonyl (C=O) groups excluding carboxylic acids is 2. The van der Waals surface area contributed by atoms with Crippen LogP contribution in [0.4, 0.5) is 23.7 Å². The monoisotopic (exact) mass is 483 g/mol. The molecule has 0 spiro atoms. The van der Waals surface area contributed by atoms with Crippen molar-refractivity contribution < 1.29 is 27.5 Å². The van der Waals surface area contributed by atoms with Gasteiger partial charge in [0.15, 0.2) is 0 Å². The number of ether oxygens (including phenoxy) is 1. The molecule has 30 heavy (non-hydrogen) atoms. The van der Waals surface area contributed by atoms with Gasteiger partial charge in [-0.15, -0.1) is 0 Å². The second-order valence-electron chi connectivity index (χ2n) is 6.49. The topological polar surface area (TPSA) is 79.5 Å². The lowest BCUT2D eigenvalue weighted by molar-refractivity contribution is -0.137. The maximum absolute atomic E-state index is 13.0. The van der Waals surface area contributed by atoms with Gasteiger partial charge in [0.25, 0.3) is 5.91 Å². The summed E-state index contributed by atoms with van der Waals surface area (Å²) in [7, 11) is 1.45. The summed E-state index contributed by atoms with van der Waals surface area (Å²) < 4.78 is 45.0. The second-order valence-corrected chi connectivity index (χ2v) is 7.40. The standard InChI is InChI=1S/C20H17BrF3N3O3/c1-10-16(18(28)26-13-5-3-4-11(8-13)20(22,23)24)17(27-19(29)25-10)14-9-12(21)6-7-15(14)30-2/h3-9,17H,1-2H3,(H,26,28)(H2,25,27,29). The minimum Gasteiger partial charge on any atom is -0.496 e. The van der Waals surface area contributed by atoms with Gasteiger partial charge in [-0.3, -0.25) is 4.79 Å². The van der Waals surface area contributed by atoms with Crippen molar-refractivity contribution in [3.05, 3.63) is 69.3 Å². The maximum atomic E-state index is 13.0. The van der Waals surface area contributed by atoms with Crippen molar-refractivity contribution in [2.75, 3.05) is 12.4 Å². The van der Waals surface area contributed by atoms with Gasteiger partial charge in [-0.1, -0.05) is 22.0 Å². The number of methoxy groups -OCH3 is 1. The highest BCUT2D eigenvalue weighted by atomic mass is 79.9. The Morgan fingerprint density at radius 1 is 1.20 bits per heavy atom. The van der Waals surface area contributed by atoms with E-state index in [1.165, 1.54) is 26.2 Å². The van der Waals surface area contributed by atoms with Crippen molar-refractivity contribution in [2.45, 2.75) is 19.1 Å². The van der Waals surface area contributed by atoms with Crippen molar-refractivity contribution in [2.24, 2.45) is 0 Å². The van der Waals surface area contributed by atoms with Gasteiger partial charge in [-0.2, -0.15) is 13.2 Å². The van der Waals surface area contributed by atoms with E-state index in [2.05, 4.69) is 31.9 Å². The van der Waals surface area contributed by atoms with Crippen LogP contribution >= 0.6 is 15.9 Å². The minimum absolute atomic E-state index is 0.0213. The first-order chi connectivity index (χ1) is 14.1. The largest absolute Gasteiger partial charge is 0.496 e. The summed E-state index contributed by atoms with van der Waals surface area (Å²) in [5, 5.41) is 7.67. The first-order valence-corrected chi connectivity index (χ1v) is 9.49. The molecule has 1 heterocycles. The Hall–Kier alpha value is -3.01. The van der Waals surface area contributed by atoms with Crippen LogP contribution in [-0.2, 0) is 11.0 Å². The van der Waals surface area contributed by atoms with Crippen LogP contribution in [0.3, 0.4) is 0 Å². The van der Waals surface area contributed by atoms with E-state index in [1.807, 2.05) is 0 Å². The molecule has 0 radical (unpaired) electrons. The van der Waals surface area contributed by atoms with Crippen molar-refractivity contribution in [1.82, 2.24) is 10.6 Å². The van der Waals surface area contributed by atoms with Crippen LogP contribution in [0.5, 0.6) is 5.75 Å². The molecular formula is C20H17BrF3N3O3. The molecule has 6 nitrogen and oxygen atoms in total. The molecule has 158 valence electrons. The zero-order chi connectivity index (χ0) is 22.1. The summed E-state index contributed by atoms with van der Waals surface area (Å²) in [5.74, 6) is -0.228. The lowest BCUT2D eigenvalue weighted by Crippen LogP contribution is -2.46. The molecule has 0 aromatic heterocycles. The number of amides is 3. The number of anilines is 1. The SMILES string of the molecule is COc1ccc(Br)cc1C1NC(=O)NC(C)=C1C(=O)Nc1cccc(C(F)(F)F)c1. The summed E-state index contributed by atoms with van der Waals surface area (Å²) >= 11 is 3.35. The highest BCUT2D eigenvalue weighted by molar-refractivity contribution is 9.10. The first kappa shape index (κ1) is 21.7. The van der Waals surface area contributed by atoms with Crippen LogP contribution in [0.2, 0.25) is 0 Å². The number of benzene rings is 2. The number of hydrogen-bond donors (Lipinski definition) is 3. The molecular weight excluding hydrogens is 467 g/mol. The number of carbonyl (C=O) groups is 2. The molecule has 3 amide bonds. The van der Waals surface area contributed by atoms with Crippen LogP contribution in [0.25, 0.3) is 0 Å². The lowest BCUT2D eigenvalue weighted by Gasteiger charge is -2.29. The summed E-state index contributed by atoms with van der Waals surface area (Å²) in [6.45, 7) is 1.54. The molecule has 0 saturated carbocycles. The van der Waals surface area contributed by atoms with Gasteiger partial charge in [-0.25, -0.2) is 4.79 Å². The van der Waals surface area contributed by atoms with Crippen molar-refractivity contribution in [3.8, 4) is 5.75 Å². The number of hydrogen-bond acceptors (Lipinski definition) is 3. The lowest BCUT2D eigenvalue weighted by atomic mass is 9.94. The number of alkyl halides is 3. The van der Waals surface area contributed by atoms with Gasteiger partial charge in [0, 0.05) is 21.4 Å². The van der Waals surface area contributed by atoms with Crippen LogP contribution in [0, 0.1) is 0 Å². The van der Waals surface area contributed by atoms with E-state index >= 15 is 0 Å². The van der Waals surface area contributed by atoms with E-state index in [4.69, 9.17) is 4.74 Å². The molecule has 2 aromatic rings. The van der Waals surface area contributed by atoms with Gasteiger partial charge in [-0.05, 0) is 43.3 Å². The van der Waals surface area contributed by atoms with E-state index in [9.17, 15) is 22.8 Å². The highest BCUT2D eigenvalue weighted by Gasteiger charge is 2.34. The molecule has 3 N–H and O–H groups in total. The normalized spacial score (nSPS) is 16.6. The fourth-order valence-electron chi connectivity index (χ4n) is 3.13. The van der Waals surface area contributed by atoms with Gasteiger partial charge in [0.2, 0.25) is 0 Å². The fraction of sp³-hybridized carbons (Fsp3) is 0.200. The van der Waals surface area contributed by atoms with Gasteiger partial charge in [0.05, 0.1) is 24.3 Å². The summed E-state index contributed by atoms with van der Waals surface area (Å²) in [6.07, 6.45) is -4.54. The zero-order valence-corrected chi connectivity index (χ0v) is 17.4. The van der Waals surface area contributed by atoms with E-state index in [1.54, 1.807) is 18.2 Å². The van der Waals surface area contributed by atoms with Gasteiger partial charge in [0.1, 0.15) is 5.75 Å². The molecule has 1 unspecified atom stereocenters. The Balaban J connectivity index is 1.99. The zero-order valence-electron chi connectivity index (χ0n) is 15.9. The minimum atomic E-state index is -4.54. The Bertz CT molecular complexity index is 1040. The van der Waals surface area contributed by atoms with Gasteiger partial charge < -0.3 is 20.7 Å². The molecule has 0 bridgehead atoms. The molecule has 2 aromatic carbocycles. The molecule has 10 heteroatoms. The summed E-state index contributed by atoms with van der Waals surface area (Å²) in [6, 6.07) is 8.03. The molecule has 3 rings (SSSR count). The number of rotatable bonds is 4. The van der Waals surface area contributed by atoms with E-state index < -0.39 is 29.7 Å². The third-order valence-electron chi connectivity index (χ3n) is 4.46. The number of nitrogens with one attached hydrogen (secondary N) is 3. The number of urea groups is 1. The third-order valence-corrected chi connectivity index (χ3v) is 4.96. The number of allylic oxidation sites excluding steroid dienone is 1. The van der Waals surface area contributed by atoms with E-state index in [0.717, 1.165) is 12.1 Å². The molecule has 1 aliphatic heterocycles. The average molecular weight is 484 g/mol. The van der Waals surface area contributed by atoms with Crippen molar-refractivity contribution in [1.29, 1.82) is 0 Å². The third kappa shape index (κ3) is 4.59.